The summed E-state index contributed by atoms with van der Waals surface area (Å²) in [4.78, 5) is 12.2. The maximum absolute atomic E-state index is 12.2. The van der Waals surface area contributed by atoms with Crippen molar-refractivity contribution in [2.24, 2.45) is 0 Å². The zero-order valence-corrected chi connectivity index (χ0v) is 12.8. The first kappa shape index (κ1) is 15.0. The van der Waals surface area contributed by atoms with E-state index in [-0.39, 0.29) is 11.8 Å². The van der Waals surface area contributed by atoms with Gasteiger partial charge in [0.25, 0.3) is 0 Å². The lowest BCUT2D eigenvalue weighted by Crippen LogP contribution is -2.14. The highest BCUT2D eigenvalue weighted by Crippen LogP contribution is 2.22. The van der Waals surface area contributed by atoms with Crippen molar-refractivity contribution in [3.05, 3.63) is 66.6 Å². The molecule has 5 heteroatoms. The Morgan fingerprint density at radius 2 is 2.00 bits per heavy atom. The van der Waals surface area contributed by atoms with Gasteiger partial charge in [-0.25, -0.2) is 0 Å². The van der Waals surface area contributed by atoms with Crippen molar-refractivity contribution in [2.75, 3.05) is 5.32 Å². The van der Waals surface area contributed by atoms with Crippen molar-refractivity contribution < 1.29 is 9.21 Å². The minimum Gasteiger partial charge on any atom is -0.423 e. The quantitative estimate of drug-likeness (QED) is 0.777. The van der Waals surface area contributed by atoms with E-state index in [1.807, 2.05) is 61.5 Å². The molecule has 1 atom stereocenters. The van der Waals surface area contributed by atoms with Gasteiger partial charge in [0.2, 0.25) is 18.2 Å². The van der Waals surface area contributed by atoms with Gasteiger partial charge in [0.1, 0.15) is 0 Å². The highest BCUT2D eigenvalue weighted by atomic mass is 16.4. The van der Waals surface area contributed by atoms with Crippen LogP contribution in [0, 0.1) is 0 Å². The van der Waals surface area contributed by atoms with E-state index in [0.29, 0.717) is 18.0 Å². The third kappa shape index (κ3) is 3.83. The summed E-state index contributed by atoms with van der Waals surface area (Å²) in [7, 11) is 0. The SMILES string of the molecule is CC(CC(=O)Nc1cccc(-c2nnco2)c1)c1ccccc1. The molecule has 1 aromatic heterocycles. The van der Waals surface area contributed by atoms with Crippen molar-refractivity contribution in [1.82, 2.24) is 10.2 Å². The molecule has 3 aromatic rings. The molecule has 0 aliphatic carbocycles. The molecule has 0 radical (unpaired) electrons. The van der Waals surface area contributed by atoms with Crippen molar-refractivity contribution >= 4 is 11.6 Å². The van der Waals surface area contributed by atoms with Crippen LogP contribution < -0.4 is 5.32 Å². The van der Waals surface area contributed by atoms with Crippen molar-refractivity contribution in [2.45, 2.75) is 19.3 Å². The fourth-order valence-corrected chi connectivity index (χ4v) is 2.42. The third-order valence-electron chi connectivity index (χ3n) is 3.61. The van der Waals surface area contributed by atoms with E-state index in [1.165, 1.54) is 6.39 Å². The molecule has 23 heavy (non-hydrogen) atoms. The number of nitrogens with zero attached hydrogens (tertiary/aromatic N) is 2. The average Bonchev–Trinajstić information content (AvgIpc) is 3.10. The molecule has 1 heterocycles. The molecule has 1 N–H and O–H groups in total. The molecule has 2 aromatic carbocycles. The van der Waals surface area contributed by atoms with Crippen LogP contribution in [0.25, 0.3) is 11.5 Å². The molecule has 1 amide bonds. The van der Waals surface area contributed by atoms with Gasteiger partial charge in [-0.15, -0.1) is 10.2 Å². The van der Waals surface area contributed by atoms with Gasteiger partial charge in [0, 0.05) is 17.7 Å². The summed E-state index contributed by atoms with van der Waals surface area (Å²) >= 11 is 0. The third-order valence-corrected chi connectivity index (χ3v) is 3.61. The number of anilines is 1. The molecule has 0 saturated carbocycles. The van der Waals surface area contributed by atoms with Crippen LogP contribution in [0.2, 0.25) is 0 Å². The molecule has 0 fully saturated rings. The van der Waals surface area contributed by atoms with Gasteiger partial charge in [-0.2, -0.15) is 0 Å². The van der Waals surface area contributed by atoms with Crippen molar-refractivity contribution in [3.8, 4) is 11.5 Å². The number of nitrogens with one attached hydrogen (secondary N) is 1. The Labute approximate surface area is 134 Å². The maximum atomic E-state index is 12.2. The minimum absolute atomic E-state index is 0.0240. The predicted molar refractivity (Wildman–Crippen MR) is 87.8 cm³/mol. The molecule has 3 rings (SSSR count). The van der Waals surface area contributed by atoms with E-state index in [4.69, 9.17) is 4.42 Å². The smallest absolute Gasteiger partial charge is 0.247 e. The molecule has 0 aliphatic heterocycles. The van der Waals surface area contributed by atoms with Crippen LogP contribution in [0.15, 0.2) is 65.4 Å². The van der Waals surface area contributed by atoms with Crippen molar-refractivity contribution in [3.63, 3.8) is 0 Å². The molecule has 0 saturated heterocycles. The van der Waals surface area contributed by atoms with E-state index < -0.39 is 0 Å². The van der Waals surface area contributed by atoms with Gasteiger partial charge in [-0.05, 0) is 29.7 Å². The number of rotatable bonds is 5. The Morgan fingerprint density at radius 3 is 2.74 bits per heavy atom. The van der Waals surface area contributed by atoms with Crippen molar-refractivity contribution in [1.29, 1.82) is 0 Å². The fraction of sp³-hybridized carbons (Fsp3) is 0.167. The number of carbonyl (C=O) groups excluding carboxylic acids is 1. The van der Waals surface area contributed by atoms with Crippen LogP contribution in [-0.2, 0) is 4.79 Å². The Hall–Kier alpha value is -2.95. The number of hydrogen-bond acceptors (Lipinski definition) is 4. The van der Waals surface area contributed by atoms with E-state index in [0.717, 1.165) is 11.1 Å². The summed E-state index contributed by atoms with van der Waals surface area (Å²) in [5.41, 5.74) is 2.64. The summed E-state index contributed by atoms with van der Waals surface area (Å²) in [6.45, 7) is 2.05. The van der Waals surface area contributed by atoms with E-state index in [9.17, 15) is 4.79 Å². The first-order chi connectivity index (χ1) is 11.2. The van der Waals surface area contributed by atoms with E-state index in [1.54, 1.807) is 0 Å². The second-order valence-corrected chi connectivity index (χ2v) is 5.39. The van der Waals surface area contributed by atoms with E-state index in [2.05, 4.69) is 15.5 Å². The van der Waals surface area contributed by atoms with Gasteiger partial charge < -0.3 is 9.73 Å². The summed E-state index contributed by atoms with van der Waals surface area (Å²) in [6, 6.07) is 17.4. The molecular formula is C18H17N3O2. The Balaban J connectivity index is 1.65. The van der Waals surface area contributed by atoms with Gasteiger partial charge in [-0.1, -0.05) is 43.3 Å². The monoisotopic (exact) mass is 307 g/mol. The van der Waals surface area contributed by atoms with Crippen LogP contribution >= 0.6 is 0 Å². The molecule has 5 nitrogen and oxygen atoms in total. The zero-order valence-electron chi connectivity index (χ0n) is 12.8. The van der Waals surface area contributed by atoms with Gasteiger partial charge in [-0.3, -0.25) is 4.79 Å². The maximum Gasteiger partial charge on any atom is 0.247 e. The van der Waals surface area contributed by atoms with Crippen LogP contribution in [-0.4, -0.2) is 16.1 Å². The topological polar surface area (TPSA) is 68.0 Å². The number of amides is 1. The van der Waals surface area contributed by atoms with E-state index >= 15 is 0 Å². The lowest BCUT2D eigenvalue weighted by Gasteiger charge is -2.12. The summed E-state index contributed by atoms with van der Waals surface area (Å²) in [5, 5.41) is 10.4. The average molecular weight is 307 g/mol. The summed E-state index contributed by atoms with van der Waals surface area (Å²) < 4.78 is 5.17. The van der Waals surface area contributed by atoms with Gasteiger partial charge >= 0.3 is 0 Å². The Morgan fingerprint density at radius 1 is 1.17 bits per heavy atom. The Kier molecular flexibility index (Phi) is 4.47. The second kappa shape index (κ2) is 6.87. The van der Waals surface area contributed by atoms with Crippen LogP contribution in [0.3, 0.4) is 0 Å². The highest BCUT2D eigenvalue weighted by Gasteiger charge is 2.12. The van der Waals surface area contributed by atoms with Gasteiger partial charge in [0.15, 0.2) is 0 Å². The largest absolute Gasteiger partial charge is 0.423 e. The lowest BCUT2D eigenvalue weighted by atomic mass is 9.97. The number of benzene rings is 2. The predicted octanol–water partition coefficient (Wildman–Crippen LogP) is 3.87. The summed E-state index contributed by atoms with van der Waals surface area (Å²) in [5.74, 6) is 0.568. The van der Waals surface area contributed by atoms with Crippen LogP contribution in [0.4, 0.5) is 5.69 Å². The van der Waals surface area contributed by atoms with Crippen LogP contribution in [0.5, 0.6) is 0 Å². The summed E-state index contributed by atoms with van der Waals surface area (Å²) in [6.07, 6.45) is 1.71. The molecular weight excluding hydrogens is 290 g/mol. The second-order valence-electron chi connectivity index (χ2n) is 5.39. The van der Waals surface area contributed by atoms with Gasteiger partial charge in [0.05, 0.1) is 0 Å². The molecule has 1 unspecified atom stereocenters. The van der Waals surface area contributed by atoms with Crippen LogP contribution in [0.1, 0.15) is 24.8 Å². The minimum atomic E-state index is -0.0240. The first-order valence-electron chi connectivity index (χ1n) is 7.44. The molecule has 116 valence electrons. The zero-order chi connectivity index (χ0) is 16.1. The number of hydrogen-bond donors (Lipinski definition) is 1. The highest BCUT2D eigenvalue weighted by molar-refractivity contribution is 5.91. The normalized spacial score (nSPS) is 11.9. The fourth-order valence-electron chi connectivity index (χ4n) is 2.42. The number of aromatic nitrogens is 2. The Bertz CT molecular complexity index is 770. The lowest BCUT2D eigenvalue weighted by molar-refractivity contribution is -0.116. The molecule has 0 aliphatic rings. The first-order valence-corrected chi connectivity index (χ1v) is 7.44. The standard InChI is InChI=1S/C18H17N3O2/c1-13(14-6-3-2-4-7-14)10-17(22)20-16-9-5-8-15(11-16)18-21-19-12-23-18/h2-9,11-13H,10H2,1H3,(H,20,22). The molecule has 0 spiro atoms. The molecule has 0 bridgehead atoms. The number of carbonyl (C=O) groups is 1.